The lowest BCUT2D eigenvalue weighted by Crippen LogP contribution is -2.24. The van der Waals surface area contributed by atoms with Crippen molar-refractivity contribution < 1.29 is 9.59 Å². The first kappa shape index (κ1) is 20.1. The van der Waals surface area contributed by atoms with E-state index in [4.69, 9.17) is 11.6 Å². The van der Waals surface area contributed by atoms with Gasteiger partial charge < -0.3 is 10.6 Å². The van der Waals surface area contributed by atoms with Crippen molar-refractivity contribution in [2.24, 2.45) is 0 Å². The van der Waals surface area contributed by atoms with Crippen LogP contribution in [-0.4, -0.2) is 28.6 Å². The standard InChI is InChI=1S/C20H21ClN4O2S/c1-12-10-17(24-19(26)15-7-3-4-8-16(15)21)28-18(12)20(27)22-9-5-6-14-11-23-25-13(14)2/h3-4,7-8,10-11H,5-6,9H2,1-2H3,(H,22,27)(H,23,25)(H,24,26). The fourth-order valence-electron chi connectivity index (χ4n) is 2.78. The topological polar surface area (TPSA) is 86.9 Å². The number of aryl methyl sites for hydroxylation is 3. The number of thiophene rings is 1. The number of carbonyl (C=O) groups excluding carboxylic acids is 2. The second-order valence-electron chi connectivity index (χ2n) is 6.44. The fraction of sp³-hybridized carbons (Fsp3) is 0.250. The second kappa shape index (κ2) is 9.03. The predicted molar refractivity (Wildman–Crippen MR) is 112 cm³/mol. The largest absolute Gasteiger partial charge is 0.351 e. The van der Waals surface area contributed by atoms with Crippen molar-refractivity contribution in [1.29, 1.82) is 0 Å². The summed E-state index contributed by atoms with van der Waals surface area (Å²) < 4.78 is 0. The first-order chi connectivity index (χ1) is 13.5. The molecule has 8 heteroatoms. The Morgan fingerprint density at radius 1 is 1.21 bits per heavy atom. The first-order valence-corrected chi connectivity index (χ1v) is 10.1. The van der Waals surface area contributed by atoms with Gasteiger partial charge >= 0.3 is 0 Å². The highest BCUT2D eigenvalue weighted by Gasteiger charge is 2.16. The van der Waals surface area contributed by atoms with Crippen molar-refractivity contribution >= 4 is 39.8 Å². The zero-order valence-electron chi connectivity index (χ0n) is 15.6. The van der Waals surface area contributed by atoms with Crippen molar-refractivity contribution in [3.05, 3.63) is 68.8 Å². The molecule has 0 radical (unpaired) electrons. The fourth-order valence-corrected chi connectivity index (χ4v) is 3.99. The molecule has 0 saturated carbocycles. The van der Waals surface area contributed by atoms with Gasteiger partial charge in [-0.2, -0.15) is 5.10 Å². The van der Waals surface area contributed by atoms with E-state index in [1.807, 2.05) is 20.0 Å². The summed E-state index contributed by atoms with van der Waals surface area (Å²) in [6.07, 6.45) is 3.49. The number of carbonyl (C=O) groups is 2. The van der Waals surface area contributed by atoms with Crippen LogP contribution in [0.4, 0.5) is 5.00 Å². The molecule has 0 aliphatic heterocycles. The molecule has 3 rings (SSSR count). The minimum atomic E-state index is -0.297. The summed E-state index contributed by atoms with van der Waals surface area (Å²) in [6, 6.07) is 8.64. The maximum absolute atomic E-state index is 12.5. The Balaban J connectivity index is 1.55. The number of H-pyrrole nitrogens is 1. The number of aromatic amines is 1. The van der Waals surface area contributed by atoms with Crippen LogP contribution in [0.15, 0.2) is 36.5 Å². The van der Waals surface area contributed by atoms with E-state index < -0.39 is 0 Å². The Bertz CT molecular complexity index is 996. The third kappa shape index (κ3) is 4.79. The number of benzene rings is 1. The normalized spacial score (nSPS) is 10.7. The third-order valence-corrected chi connectivity index (χ3v) is 5.80. The SMILES string of the molecule is Cc1cc(NC(=O)c2ccccc2Cl)sc1C(=O)NCCCc1cn[nH]c1C. The van der Waals surface area contributed by atoms with Crippen LogP contribution in [0.1, 0.15) is 43.3 Å². The minimum absolute atomic E-state index is 0.135. The average Bonchev–Trinajstić information content (AvgIpc) is 3.24. The molecule has 1 aromatic carbocycles. The molecule has 0 unspecified atom stereocenters. The molecular formula is C20H21ClN4O2S. The monoisotopic (exact) mass is 416 g/mol. The van der Waals surface area contributed by atoms with Gasteiger partial charge in [0.1, 0.15) is 0 Å². The van der Waals surface area contributed by atoms with Gasteiger partial charge in [0.05, 0.1) is 26.7 Å². The molecule has 2 amide bonds. The van der Waals surface area contributed by atoms with E-state index in [0.717, 1.165) is 29.7 Å². The second-order valence-corrected chi connectivity index (χ2v) is 7.90. The van der Waals surface area contributed by atoms with Crippen LogP contribution in [0.2, 0.25) is 5.02 Å². The highest BCUT2D eigenvalue weighted by atomic mass is 35.5. The minimum Gasteiger partial charge on any atom is -0.351 e. The highest BCUT2D eigenvalue weighted by Crippen LogP contribution is 2.27. The van der Waals surface area contributed by atoms with Crippen LogP contribution >= 0.6 is 22.9 Å². The molecule has 3 aromatic rings. The van der Waals surface area contributed by atoms with E-state index in [1.54, 1.807) is 30.3 Å². The molecule has 0 bridgehead atoms. The van der Waals surface area contributed by atoms with Gasteiger partial charge in [0.25, 0.3) is 11.8 Å². The summed E-state index contributed by atoms with van der Waals surface area (Å²) in [5.41, 5.74) is 3.43. The van der Waals surface area contributed by atoms with E-state index in [9.17, 15) is 9.59 Å². The Morgan fingerprint density at radius 2 is 2.00 bits per heavy atom. The van der Waals surface area contributed by atoms with Crippen molar-refractivity contribution in [3.8, 4) is 0 Å². The summed E-state index contributed by atoms with van der Waals surface area (Å²) in [5, 5.41) is 13.7. The van der Waals surface area contributed by atoms with E-state index >= 15 is 0 Å². The smallest absolute Gasteiger partial charge is 0.261 e. The lowest BCUT2D eigenvalue weighted by Gasteiger charge is -2.05. The van der Waals surface area contributed by atoms with Gasteiger partial charge in [-0.3, -0.25) is 14.7 Å². The molecule has 2 aromatic heterocycles. The van der Waals surface area contributed by atoms with Crippen LogP contribution in [0, 0.1) is 13.8 Å². The van der Waals surface area contributed by atoms with Gasteiger partial charge in [0.15, 0.2) is 0 Å². The summed E-state index contributed by atoms with van der Waals surface area (Å²) in [4.78, 5) is 25.4. The molecule has 0 fully saturated rings. The molecule has 28 heavy (non-hydrogen) atoms. The highest BCUT2D eigenvalue weighted by molar-refractivity contribution is 7.18. The van der Waals surface area contributed by atoms with E-state index in [0.29, 0.717) is 27.0 Å². The van der Waals surface area contributed by atoms with Gasteiger partial charge in [-0.15, -0.1) is 11.3 Å². The number of aromatic nitrogens is 2. The van der Waals surface area contributed by atoms with E-state index in [1.165, 1.54) is 11.3 Å². The summed E-state index contributed by atoms with van der Waals surface area (Å²) in [6.45, 7) is 4.40. The quantitative estimate of drug-likeness (QED) is 0.500. The zero-order chi connectivity index (χ0) is 20.1. The molecule has 6 nitrogen and oxygen atoms in total. The van der Waals surface area contributed by atoms with Crippen molar-refractivity contribution in [2.75, 3.05) is 11.9 Å². The van der Waals surface area contributed by atoms with Crippen LogP contribution in [0.5, 0.6) is 0 Å². The molecule has 0 aliphatic rings. The number of hydrogen-bond acceptors (Lipinski definition) is 4. The van der Waals surface area contributed by atoms with Crippen LogP contribution < -0.4 is 10.6 Å². The number of nitrogens with zero attached hydrogens (tertiary/aromatic N) is 1. The summed E-state index contributed by atoms with van der Waals surface area (Å²) >= 11 is 7.32. The lowest BCUT2D eigenvalue weighted by atomic mass is 10.1. The number of halogens is 1. The van der Waals surface area contributed by atoms with Crippen molar-refractivity contribution in [1.82, 2.24) is 15.5 Å². The molecule has 146 valence electrons. The number of rotatable bonds is 7. The Labute approximate surface area is 172 Å². The summed E-state index contributed by atoms with van der Waals surface area (Å²) in [7, 11) is 0. The van der Waals surface area contributed by atoms with Gasteiger partial charge in [0.2, 0.25) is 0 Å². The van der Waals surface area contributed by atoms with Gasteiger partial charge in [-0.05, 0) is 56.0 Å². The van der Waals surface area contributed by atoms with Gasteiger partial charge in [-0.25, -0.2) is 0 Å². The van der Waals surface area contributed by atoms with Crippen LogP contribution in [0.3, 0.4) is 0 Å². The Morgan fingerprint density at radius 3 is 2.71 bits per heavy atom. The molecule has 2 heterocycles. The zero-order valence-corrected chi connectivity index (χ0v) is 17.2. The molecule has 0 spiro atoms. The molecule has 0 atom stereocenters. The van der Waals surface area contributed by atoms with Crippen LogP contribution in [-0.2, 0) is 6.42 Å². The van der Waals surface area contributed by atoms with E-state index in [-0.39, 0.29) is 11.8 Å². The molecule has 0 saturated heterocycles. The summed E-state index contributed by atoms with van der Waals surface area (Å²) in [5.74, 6) is -0.432. The predicted octanol–water partition coefficient (Wildman–Crippen LogP) is 4.36. The van der Waals surface area contributed by atoms with Crippen molar-refractivity contribution in [2.45, 2.75) is 26.7 Å². The van der Waals surface area contributed by atoms with Gasteiger partial charge in [0, 0.05) is 12.2 Å². The Kier molecular flexibility index (Phi) is 6.49. The number of nitrogens with one attached hydrogen (secondary N) is 3. The van der Waals surface area contributed by atoms with Crippen LogP contribution in [0.25, 0.3) is 0 Å². The lowest BCUT2D eigenvalue weighted by molar-refractivity contribution is 0.0955. The number of anilines is 1. The number of amides is 2. The molecule has 0 aliphatic carbocycles. The van der Waals surface area contributed by atoms with Crippen molar-refractivity contribution in [3.63, 3.8) is 0 Å². The maximum atomic E-state index is 12.5. The van der Waals surface area contributed by atoms with E-state index in [2.05, 4.69) is 20.8 Å². The third-order valence-electron chi connectivity index (χ3n) is 4.32. The first-order valence-electron chi connectivity index (χ1n) is 8.89. The molecule has 3 N–H and O–H groups in total. The number of hydrogen-bond donors (Lipinski definition) is 3. The molecular weight excluding hydrogens is 396 g/mol. The average molecular weight is 417 g/mol. The Hall–Kier alpha value is -2.64. The van der Waals surface area contributed by atoms with Gasteiger partial charge in [-0.1, -0.05) is 23.7 Å². The maximum Gasteiger partial charge on any atom is 0.261 e.